The number of methoxy groups -OCH3 is 1. The molecule has 2 heterocycles. The number of fused-ring (bicyclic) bond motifs is 1. The average molecular weight is 351 g/mol. The van der Waals surface area contributed by atoms with E-state index < -0.39 is 0 Å². The minimum atomic E-state index is -0.236. The Balaban J connectivity index is 1.55. The summed E-state index contributed by atoms with van der Waals surface area (Å²) in [6.45, 7) is 3.99. The first-order chi connectivity index (χ1) is 12.5. The van der Waals surface area contributed by atoms with Crippen molar-refractivity contribution in [3.05, 3.63) is 42.5 Å². The maximum atomic E-state index is 12.1. The Hall–Kier alpha value is -2.96. The van der Waals surface area contributed by atoms with Crippen molar-refractivity contribution in [2.24, 2.45) is 11.8 Å². The van der Waals surface area contributed by atoms with Gasteiger partial charge in [0.15, 0.2) is 11.5 Å². The van der Waals surface area contributed by atoms with Gasteiger partial charge >= 0.3 is 0 Å². The normalized spacial score (nSPS) is 20.0. The molecule has 3 aromatic rings. The highest BCUT2D eigenvalue weighted by Gasteiger charge is 2.39. The largest absolute Gasteiger partial charge is 0.497 e. The molecule has 1 N–H and O–H groups in total. The number of hydrogen-bond acceptors (Lipinski definition) is 5. The average Bonchev–Trinajstić information content (AvgIpc) is 3.24. The molecule has 1 aliphatic carbocycles. The SMILES string of the molecule is COc1ccc(-c2cc3nc([C@@H](C)NC(=O)C4CC4C)nn3cn2)cc1. The van der Waals surface area contributed by atoms with Crippen molar-refractivity contribution in [3.63, 3.8) is 0 Å². The van der Waals surface area contributed by atoms with Gasteiger partial charge in [0.1, 0.15) is 12.1 Å². The highest BCUT2D eigenvalue weighted by atomic mass is 16.5. The van der Waals surface area contributed by atoms with Gasteiger partial charge in [-0.3, -0.25) is 4.79 Å². The minimum Gasteiger partial charge on any atom is -0.497 e. The molecular formula is C19H21N5O2. The number of ether oxygens (including phenoxy) is 1. The molecule has 0 bridgehead atoms. The lowest BCUT2D eigenvalue weighted by atomic mass is 10.1. The maximum absolute atomic E-state index is 12.1. The first-order valence-corrected chi connectivity index (χ1v) is 8.72. The molecule has 7 heteroatoms. The van der Waals surface area contributed by atoms with E-state index in [1.165, 1.54) is 0 Å². The first-order valence-electron chi connectivity index (χ1n) is 8.72. The summed E-state index contributed by atoms with van der Waals surface area (Å²) in [5.74, 6) is 2.08. The fourth-order valence-electron chi connectivity index (χ4n) is 2.99. The monoisotopic (exact) mass is 351 g/mol. The Morgan fingerprint density at radius 3 is 2.73 bits per heavy atom. The van der Waals surface area contributed by atoms with E-state index in [1.807, 2.05) is 37.3 Å². The van der Waals surface area contributed by atoms with E-state index in [0.29, 0.717) is 17.4 Å². The Morgan fingerprint density at radius 2 is 2.08 bits per heavy atom. The van der Waals surface area contributed by atoms with Crippen LogP contribution in [0.2, 0.25) is 0 Å². The number of carbonyl (C=O) groups excluding carboxylic acids is 1. The molecule has 0 aliphatic heterocycles. The number of rotatable bonds is 5. The van der Waals surface area contributed by atoms with Gasteiger partial charge in [0.25, 0.3) is 0 Å². The van der Waals surface area contributed by atoms with Crippen LogP contribution in [0.15, 0.2) is 36.7 Å². The first kappa shape index (κ1) is 16.5. The van der Waals surface area contributed by atoms with Crippen LogP contribution in [0.4, 0.5) is 0 Å². The fraction of sp³-hybridized carbons (Fsp3) is 0.368. The highest BCUT2D eigenvalue weighted by molar-refractivity contribution is 5.81. The smallest absolute Gasteiger partial charge is 0.223 e. The van der Waals surface area contributed by atoms with Gasteiger partial charge in [-0.2, -0.15) is 0 Å². The van der Waals surface area contributed by atoms with Crippen LogP contribution < -0.4 is 10.1 Å². The molecule has 1 saturated carbocycles. The molecule has 7 nitrogen and oxygen atoms in total. The van der Waals surface area contributed by atoms with Gasteiger partial charge in [-0.1, -0.05) is 6.92 Å². The highest BCUT2D eigenvalue weighted by Crippen LogP contribution is 2.38. The second kappa shape index (κ2) is 6.40. The molecule has 2 unspecified atom stereocenters. The maximum Gasteiger partial charge on any atom is 0.223 e. The van der Waals surface area contributed by atoms with Crippen LogP contribution in [0, 0.1) is 11.8 Å². The van der Waals surface area contributed by atoms with Gasteiger partial charge in [0, 0.05) is 17.5 Å². The number of benzene rings is 1. The Labute approximate surface area is 151 Å². The molecule has 1 amide bonds. The molecule has 0 saturated heterocycles. The van der Waals surface area contributed by atoms with Crippen molar-refractivity contribution in [1.82, 2.24) is 24.9 Å². The van der Waals surface area contributed by atoms with E-state index in [4.69, 9.17) is 4.74 Å². The summed E-state index contributed by atoms with van der Waals surface area (Å²) in [5, 5.41) is 7.43. The lowest BCUT2D eigenvalue weighted by Gasteiger charge is -2.09. The summed E-state index contributed by atoms with van der Waals surface area (Å²) < 4.78 is 6.81. The van der Waals surface area contributed by atoms with E-state index >= 15 is 0 Å². The molecule has 134 valence electrons. The van der Waals surface area contributed by atoms with Gasteiger partial charge in [-0.15, -0.1) is 5.10 Å². The van der Waals surface area contributed by atoms with E-state index in [2.05, 4.69) is 27.3 Å². The third kappa shape index (κ3) is 3.12. The quantitative estimate of drug-likeness (QED) is 0.764. The molecule has 3 atom stereocenters. The lowest BCUT2D eigenvalue weighted by molar-refractivity contribution is -0.123. The van der Waals surface area contributed by atoms with Gasteiger partial charge in [-0.25, -0.2) is 14.5 Å². The Bertz CT molecular complexity index is 950. The van der Waals surface area contributed by atoms with Crippen LogP contribution in [-0.2, 0) is 4.79 Å². The van der Waals surface area contributed by atoms with Crippen LogP contribution in [0.1, 0.15) is 32.1 Å². The molecule has 1 aromatic carbocycles. The van der Waals surface area contributed by atoms with Crippen LogP contribution in [0.25, 0.3) is 16.9 Å². The van der Waals surface area contributed by atoms with E-state index in [-0.39, 0.29) is 17.9 Å². The molecule has 4 rings (SSSR count). The van der Waals surface area contributed by atoms with Gasteiger partial charge in [0.2, 0.25) is 5.91 Å². The second-order valence-electron chi connectivity index (χ2n) is 6.83. The van der Waals surface area contributed by atoms with Crippen LogP contribution >= 0.6 is 0 Å². The summed E-state index contributed by atoms with van der Waals surface area (Å²) in [4.78, 5) is 21.1. The van der Waals surface area contributed by atoms with Gasteiger partial charge < -0.3 is 10.1 Å². The van der Waals surface area contributed by atoms with Crippen LogP contribution in [0.3, 0.4) is 0 Å². The molecule has 26 heavy (non-hydrogen) atoms. The number of carbonyl (C=O) groups is 1. The van der Waals surface area contributed by atoms with Crippen molar-refractivity contribution >= 4 is 11.6 Å². The lowest BCUT2D eigenvalue weighted by Crippen LogP contribution is -2.29. The van der Waals surface area contributed by atoms with Crippen molar-refractivity contribution in [1.29, 1.82) is 0 Å². The summed E-state index contributed by atoms with van der Waals surface area (Å²) in [5.41, 5.74) is 2.48. The number of aromatic nitrogens is 4. The number of amides is 1. The minimum absolute atomic E-state index is 0.0842. The predicted octanol–water partition coefficient (Wildman–Crippen LogP) is 2.63. The molecule has 0 spiro atoms. The molecule has 1 fully saturated rings. The Kier molecular flexibility index (Phi) is 4.06. The number of hydrogen-bond donors (Lipinski definition) is 1. The molecule has 0 radical (unpaired) electrons. The van der Waals surface area contributed by atoms with Gasteiger partial charge in [0.05, 0.1) is 18.8 Å². The van der Waals surface area contributed by atoms with E-state index in [0.717, 1.165) is 23.4 Å². The van der Waals surface area contributed by atoms with Crippen molar-refractivity contribution < 1.29 is 9.53 Å². The second-order valence-corrected chi connectivity index (χ2v) is 6.83. The van der Waals surface area contributed by atoms with Crippen molar-refractivity contribution in [3.8, 4) is 17.0 Å². The zero-order valence-electron chi connectivity index (χ0n) is 15.0. The summed E-state index contributed by atoms with van der Waals surface area (Å²) in [7, 11) is 1.64. The molecular weight excluding hydrogens is 330 g/mol. The number of nitrogens with zero attached hydrogens (tertiary/aromatic N) is 4. The number of nitrogens with one attached hydrogen (secondary N) is 1. The van der Waals surface area contributed by atoms with Crippen LogP contribution in [0.5, 0.6) is 5.75 Å². The predicted molar refractivity (Wildman–Crippen MR) is 96.6 cm³/mol. The summed E-state index contributed by atoms with van der Waals surface area (Å²) in [6, 6.07) is 9.35. The molecule has 2 aromatic heterocycles. The zero-order chi connectivity index (χ0) is 18.3. The van der Waals surface area contributed by atoms with Crippen molar-refractivity contribution in [2.75, 3.05) is 7.11 Å². The molecule has 1 aliphatic rings. The fourth-order valence-corrected chi connectivity index (χ4v) is 2.99. The third-order valence-electron chi connectivity index (χ3n) is 4.82. The zero-order valence-corrected chi connectivity index (χ0v) is 15.0. The van der Waals surface area contributed by atoms with E-state index in [1.54, 1.807) is 18.0 Å². The van der Waals surface area contributed by atoms with Gasteiger partial charge in [-0.05, 0) is 43.5 Å². The summed E-state index contributed by atoms with van der Waals surface area (Å²) >= 11 is 0. The third-order valence-corrected chi connectivity index (χ3v) is 4.82. The topological polar surface area (TPSA) is 81.4 Å². The Morgan fingerprint density at radius 1 is 1.35 bits per heavy atom. The van der Waals surface area contributed by atoms with Crippen molar-refractivity contribution in [2.45, 2.75) is 26.3 Å². The van der Waals surface area contributed by atoms with E-state index in [9.17, 15) is 4.79 Å². The standard InChI is InChI=1S/C19H21N5O2/c1-11-8-15(11)19(25)21-12(2)18-22-17-9-16(20-10-24(17)23-18)13-4-6-14(26-3)7-5-13/h4-7,9-12,15H,8H2,1-3H3,(H,21,25)/t11?,12-,15?/m1/s1. The van der Waals surface area contributed by atoms with Crippen LogP contribution in [-0.4, -0.2) is 32.6 Å². The summed E-state index contributed by atoms with van der Waals surface area (Å²) in [6.07, 6.45) is 2.61.